The Balaban J connectivity index is 2.75. The van der Waals surface area contributed by atoms with Crippen molar-refractivity contribution in [1.82, 2.24) is 0 Å². The van der Waals surface area contributed by atoms with Crippen molar-refractivity contribution in [2.24, 2.45) is 4.99 Å². The van der Waals surface area contributed by atoms with E-state index in [1.54, 1.807) is 0 Å². The monoisotopic (exact) mass is 161 g/mol. The smallest absolute Gasteiger partial charge is 0.0654 e. The second-order valence-corrected chi connectivity index (χ2v) is 2.89. The van der Waals surface area contributed by atoms with Gasteiger partial charge in [0.25, 0.3) is 0 Å². The van der Waals surface area contributed by atoms with Crippen molar-refractivity contribution >= 4 is 12.4 Å². The molecule has 1 heteroatoms. The SMILES string of the molecule is C=Nc1ccccc1CCCC. The molecule has 0 saturated heterocycles. The summed E-state index contributed by atoms with van der Waals surface area (Å²) in [5, 5.41) is 0. The Morgan fingerprint density at radius 3 is 2.75 bits per heavy atom. The lowest BCUT2D eigenvalue weighted by molar-refractivity contribution is 0.795. The minimum absolute atomic E-state index is 1.03. The summed E-state index contributed by atoms with van der Waals surface area (Å²) in [5.41, 5.74) is 2.35. The minimum atomic E-state index is 1.03. The van der Waals surface area contributed by atoms with E-state index in [1.165, 1.54) is 18.4 Å². The van der Waals surface area contributed by atoms with Crippen molar-refractivity contribution in [3.63, 3.8) is 0 Å². The quantitative estimate of drug-likeness (QED) is 0.600. The lowest BCUT2D eigenvalue weighted by atomic mass is 10.1. The summed E-state index contributed by atoms with van der Waals surface area (Å²) in [7, 11) is 0. The zero-order chi connectivity index (χ0) is 8.81. The fourth-order valence-corrected chi connectivity index (χ4v) is 1.24. The summed E-state index contributed by atoms with van der Waals surface area (Å²) in [6, 6.07) is 8.19. The number of nitrogens with zero attached hydrogens (tertiary/aromatic N) is 1. The lowest BCUT2D eigenvalue weighted by Crippen LogP contribution is -1.84. The van der Waals surface area contributed by atoms with E-state index in [1.807, 2.05) is 12.1 Å². The van der Waals surface area contributed by atoms with Gasteiger partial charge in [-0.15, -0.1) is 0 Å². The molecule has 1 aromatic carbocycles. The zero-order valence-electron chi connectivity index (χ0n) is 7.59. The molecule has 0 atom stereocenters. The molecule has 0 saturated carbocycles. The van der Waals surface area contributed by atoms with Crippen LogP contribution in [0.1, 0.15) is 25.3 Å². The highest BCUT2D eigenvalue weighted by Gasteiger charge is 1.97. The molecule has 0 radical (unpaired) electrons. The van der Waals surface area contributed by atoms with Crippen LogP contribution in [0.4, 0.5) is 5.69 Å². The van der Waals surface area contributed by atoms with Crippen LogP contribution in [0.5, 0.6) is 0 Å². The average Bonchev–Trinajstić information content (AvgIpc) is 2.15. The van der Waals surface area contributed by atoms with Crippen LogP contribution in [0.25, 0.3) is 0 Å². The number of aliphatic imine (C=N–C) groups is 1. The third kappa shape index (κ3) is 2.19. The summed E-state index contributed by atoms with van der Waals surface area (Å²) in [6.45, 7) is 5.75. The molecule has 1 rings (SSSR count). The molecule has 64 valence electrons. The van der Waals surface area contributed by atoms with Gasteiger partial charge in [0.2, 0.25) is 0 Å². The summed E-state index contributed by atoms with van der Waals surface area (Å²) in [4.78, 5) is 3.97. The maximum absolute atomic E-state index is 3.97. The molecule has 0 amide bonds. The number of para-hydroxylation sites is 1. The van der Waals surface area contributed by atoms with Gasteiger partial charge in [-0.2, -0.15) is 0 Å². The molecule has 0 unspecified atom stereocenters. The number of unbranched alkanes of at least 4 members (excludes halogenated alkanes) is 1. The van der Waals surface area contributed by atoms with Gasteiger partial charge in [-0.25, -0.2) is 0 Å². The van der Waals surface area contributed by atoms with Gasteiger partial charge in [0, 0.05) is 0 Å². The summed E-state index contributed by atoms with van der Waals surface area (Å²) in [6.07, 6.45) is 3.57. The summed E-state index contributed by atoms with van der Waals surface area (Å²) >= 11 is 0. The van der Waals surface area contributed by atoms with Gasteiger partial charge in [-0.05, 0) is 31.2 Å². The first kappa shape index (κ1) is 8.98. The van der Waals surface area contributed by atoms with Crippen molar-refractivity contribution in [3.05, 3.63) is 29.8 Å². The number of hydrogen-bond acceptors (Lipinski definition) is 1. The zero-order valence-corrected chi connectivity index (χ0v) is 7.59. The van der Waals surface area contributed by atoms with Crippen LogP contribution < -0.4 is 0 Å². The molecule has 0 bridgehead atoms. The van der Waals surface area contributed by atoms with E-state index < -0.39 is 0 Å². The van der Waals surface area contributed by atoms with Crippen molar-refractivity contribution in [1.29, 1.82) is 0 Å². The van der Waals surface area contributed by atoms with E-state index in [-0.39, 0.29) is 0 Å². The van der Waals surface area contributed by atoms with Crippen LogP contribution in [0.2, 0.25) is 0 Å². The highest BCUT2D eigenvalue weighted by atomic mass is 14.7. The lowest BCUT2D eigenvalue weighted by Gasteiger charge is -2.02. The van der Waals surface area contributed by atoms with Crippen molar-refractivity contribution < 1.29 is 0 Å². The number of hydrogen-bond donors (Lipinski definition) is 0. The van der Waals surface area contributed by atoms with E-state index >= 15 is 0 Å². The van der Waals surface area contributed by atoms with Crippen LogP contribution in [-0.4, -0.2) is 6.72 Å². The Labute approximate surface area is 74.2 Å². The fraction of sp³-hybridized carbons (Fsp3) is 0.364. The van der Waals surface area contributed by atoms with Gasteiger partial charge in [-0.3, -0.25) is 4.99 Å². The van der Waals surface area contributed by atoms with E-state index in [4.69, 9.17) is 0 Å². The number of rotatable bonds is 4. The number of benzene rings is 1. The van der Waals surface area contributed by atoms with Crippen LogP contribution >= 0.6 is 0 Å². The molecule has 12 heavy (non-hydrogen) atoms. The molecule has 1 aromatic rings. The fourth-order valence-electron chi connectivity index (χ4n) is 1.24. The average molecular weight is 161 g/mol. The van der Waals surface area contributed by atoms with Crippen LogP contribution in [0.15, 0.2) is 29.3 Å². The van der Waals surface area contributed by atoms with E-state index in [9.17, 15) is 0 Å². The standard InChI is InChI=1S/C11H15N/c1-3-4-7-10-8-5-6-9-11(10)12-2/h5-6,8-9H,2-4,7H2,1H3. The summed E-state index contributed by atoms with van der Waals surface area (Å²) < 4.78 is 0. The molecule has 0 aliphatic carbocycles. The Kier molecular flexibility index (Phi) is 3.52. The molecule has 0 aromatic heterocycles. The molecule has 0 N–H and O–H groups in total. The normalized spacial score (nSPS) is 9.75. The third-order valence-corrected chi connectivity index (χ3v) is 1.96. The molecular weight excluding hydrogens is 146 g/mol. The summed E-state index contributed by atoms with van der Waals surface area (Å²) in [5.74, 6) is 0. The molecule has 0 fully saturated rings. The second kappa shape index (κ2) is 4.70. The Bertz CT molecular complexity index is 253. The maximum Gasteiger partial charge on any atom is 0.0654 e. The minimum Gasteiger partial charge on any atom is -0.264 e. The predicted molar refractivity (Wildman–Crippen MR) is 54.3 cm³/mol. The predicted octanol–water partition coefficient (Wildman–Crippen LogP) is 3.36. The van der Waals surface area contributed by atoms with Gasteiger partial charge < -0.3 is 0 Å². The topological polar surface area (TPSA) is 12.4 Å². The second-order valence-electron chi connectivity index (χ2n) is 2.89. The van der Waals surface area contributed by atoms with E-state index in [2.05, 4.69) is 30.8 Å². The molecule has 0 aliphatic heterocycles. The van der Waals surface area contributed by atoms with Crippen molar-refractivity contribution in [3.8, 4) is 0 Å². The van der Waals surface area contributed by atoms with Crippen LogP contribution in [0, 0.1) is 0 Å². The van der Waals surface area contributed by atoms with Gasteiger partial charge in [0.05, 0.1) is 5.69 Å². The van der Waals surface area contributed by atoms with Crippen LogP contribution in [0.3, 0.4) is 0 Å². The highest BCUT2D eigenvalue weighted by Crippen LogP contribution is 2.19. The van der Waals surface area contributed by atoms with Crippen molar-refractivity contribution in [2.45, 2.75) is 26.2 Å². The number of aryl methyl sites for hydroxylation is 1. The van der Waals surface area contributed by atoms with Crippen molar-refractivity contribution in [2.75, 3.05) is 0 Å². The maximum atomic E-state index is 3.97. The van der Waals surface area contributed by atoms with Gasteiger partial charge in [0.1, 0.15) is 0 Å². The van der Waals surface area contributed by atoms with Crippen LogP contribution in [-0.2, 0) is 6.42 Å². The van der Waals surface area contributed by atoms with E-state index in [0.717, 1.165) is 12.1 Å². The Hall–Kier alpha value is -1.11. The Morgan fingerprint density at radius 2 is 2.08 bits per heavy atom. The first-order chi connectivity index (χ1) is 5.88. The molecule has 0 spiro atoms. The highest BCUT2D eigenvalue weighted by molar-refractivity contribution is 5.51. The van der Waals surface area contributed by atoms with Gasteiger partial charge >= 0.3 is 0 Å². The first-order valence-corrected chi connectivity index (χ1v) is 4.43. The molecule has 0 heterocycles. The van der Waals surface area contributed by atoms with Gasteiger partial charge in [0.15, 0.2) is 0 Å². The largest absolute Gasteiger partial charge is 0.264 e. The van der Waals surface area contributed by atoms with Gasteiger partial charge in [-0.1, -0.05) is 31.5 Å². The Morgan fingerprint density at radius 1 is 1.33 bits per heavy atom. The molecule has 0 aliphatic rings. The molecule has 1 nitrogen and oxygen atoms in total. The first-order valence-electron chi connectivity index (χ1n) is 4.43. The third-order valence-electron chi connectivity index (χ3n) is 1.96. The molecular formula is C11H15N. The van der Waals surface area contributed by atoms with E-state index in [0.29, 0.717) is 0 Å².